The first-order valence-electron chi connectivity index (χ1n) is 7.69. The number of aromatic nitrogens is 1. The summed E-state index contributed by atoms with van der Waals surface area (Å²) in [5.74, 6) is 0. The van der Waals surface area contributed by atoms with Crippen LogP contribution in [0.25, 0.3) is 0 Å². The molecule has 4 nitrogen and oxygen atoms in total. The standard InChI is InChI=1S/C17H27NO3/c1-16(2,3)14-9-8-13(17(4,5)20)15(19)18(14)11-12-7-6-10-21-12/h8-9,12,20H,6-7,10-11H2,1-5H3. The fourth-order valence-corrected chi connectivity index (χ4v) is 2.87. The van der Waals surface area contributed by atoms with Crippen molar-refractivity contribution >= 4 is 0 Å². The second-order valence-corrected chi connectivity index (χ2v) is 7.49. The third-order valence-corrected chi connectivity index (χ3v) is 4.01. The normalized spacial score (nSPS) is 20.0. The molecule has 1 N–H and O–H groups in total. The number of ether oxygens (including phenoxy) is 1. The Kier molecular flexibility index (Phi) is 4.31. The highest BCUT2D eigenvalue weighted by molar-refractivity contribution is 5.25. The molecule has 1 atom stereocenters. The number of hydrogen-bond donors (Lipinski definition) is 1. The van der Waals surface area contributed by atoms with Gasteiger partial charge in [-0.2, -0.15) is 0 Å². The second-order valence-electron chi connectivity index (χ2n) is 7.49. The van der Waals surface area contributed by atoms with Crippen molar-refractivity contribution in [1.29, 1.82) is 0 Å². The Morgan fingerprint density at radius 1 is 1.29 bits per heavy atom. The molecule has 1 aliphatic rings. The molecule has 0 spiro atoms. The van der Waals surface area contributed by atoms with Gasteiger partial charge in [0.1, 0.15) is 0 Å². The van der Waals surface area contributed by atoms with Crippen molar-refractivity contribution < 1.29 is 9.84 Å². The van der Waals surface area contributed by atoms with Gasteiger partial charge in [0.15, 0.2) is 0 Å². The monoisotopic (exact) mass is 293 g/mol. The molecule has 21 heavy (non-hydrogen) atoms. The van der Waals surface area contributed by atoms with E-state index in [1.54, 1.807) is 24.5 Å². The van der Waals surface area contributed by atoms with Crippen LogP contribution in [0.1, 0.15) is 58.7 Å². The minimum Gasteiger partial charge on any atom is -0.386 e. The lowest BCUT2D eigenvalue weighted by Crippen LogP contribution is -2.38. The van der Waals surface area contributed by atoms with Gasteiger partial charge >= 0.3 is 0 Å². The van der Waals surface area contributed by atoms with Crippen molar-refractivity contribution in [3.63, 3.8) is 0 Å². The molecule has 0 radical (unpaired) electrons. The number of pyridine rings is 1. The highest BCUT2D eigenvalue weighted by Crippen LogP contribution is 2.25. The molecule has 0 saturated carbocycles. The van der Waals surface area contributed by atoms with Gasteiger partial charge in [0, 0.05) is 23.3 Å². The van der Waals surface area contributed by atoms with E-state index in [1.165, 1.54) is 0 Å². The van der Waals surface area contributed by atoms with E-state index in [0.717, 1.165) is 25.1 Å². The van der Waals surface area contributed by atoms with E-state index in [1.807, 2.05) is 6.07 Å². The molecule has 0 aromatic carbocycles. The molecule has 1 aromatic rings. The summed E-state index contributed by atoms with van der Waals surface area (Å²) in [5, 5.41) is 10.2. The lowest BCUT2D eigenvalue weighted by atomic mass is 9.89. The van der Waals surface area contributed by atoms with Crippen LogP contribution >= 0.6 is 0 Å². The molecular weight excluding hydrogens is 266 g/mol. The largest absolute Gasteiger partial charge is 0.386 e. The van der Waals surface area contributed by atoms with Crippen molar-refractivity contribution in [1.82, 2.24) is 4.57 Å². The molecule has 1 fully saturated rings. The molecule has 118 valence electrons. The van der Waals surface area contributed by atoms with Crippen molar-refractivity contribution in [2.75, 3.05) is 6.61 Å². The van der Waals surface area contributed by atoms with Crippen LogP contribution < -0.4 is 5.56 Å². The van der Waals surface area contributed by atoms with Crippen LogP contribution in [-0.2, 0) is 22.3 Å². The number of aliphatic hydroxyl groups is 1. The Balaban J connectivity index is 2.52. The van der Waals surface area contributed by atoms with Crippen LogP contribution in [0.4, 0.5) is 0 Å². The lowest BCUT2D eigenvalue weighted by molar-refractivity contribution is 0.0738. The number of nitrogens with zero attached hydrogens (tertiary/aromatic N) is 1. The molecule has 2 rings (SSSR count). The predicted molar refractivity (Wildman–Crippen MR) is 83.6 cm³/mol. The average Bonchev–Trinajstić information content (AvgIpc) is 2.81. The molecule has 1 aliphatic heterocycles. The molecule has 1 aromatic heterocycles. The number of hydrogen-bond acceptors (Lipinski definition) is 3. The summed E-state index contributed by atoms with van der Waals surface area (Å²) in [7, 11) is 0. The molecule has 0 aliphatic carbocycles. The average molecular weight is 293 g/mol. The van der Waals surface area contributed by atoms with E-state index in [4.69, 9.17) is 4.74 Å². The maximum atomic E-state index is 12.8. The van der Waals surface area contributed by atoms with E-state index >= 15 is 0 Å². The van der Waals surface area contributed by atoms with Crippen LogP contribution in [0.2, 0.25) is 0 Å². The van der Waals surface area contributed by atoms with Crippen molar-refractivity contribution in [3.05, 3.63) is 33.7 Å². The van der Waals surface area contributed by atoms with E-state index in [9.17, 15) is 9.90 Å². The lowest BCUT2D eigenvalue weighted by Gasteiger charge is -2.28. The highest BCUT2D eigenvalue weighted by Gasteiger charge is 2.27. The van der Waals surface area contributed by atoms with Crippen LogP contribution in [0.3, 0.4) is 0 Å². The smallest absolute Gasteiger partial charge is 0.256 e. The summed E-state index contributed by atoms with van der Waals surface area (Å²) >= 11 is 0. The summed E-state index contributed by atoms with van der Waals surface area (Å²) in [4.78, 5) is 12.8. The zero-order valence-electron chi connectivity index (χ0n) is 13.8. The molecular formula is C17H27NO3. The van der Waals surface area contributed by atoms with Gasteiger partial charge in [0.05, 0.1) is 18.2 Å². The van der Waals surface area contributed by atoms with Crippen molar-refractivity contribution in [2.24, 2.45) is 0 Å². The summed E-state index contributed by atoms with van der Waals surface area (Å²) in [5.41, 5.74) is 0.0525. The van der Waals surface area contributed by atoms with E-state index in [2.05, 4.69) is 20.8 Å². The second kappa shape index (κ2) is 5.58. The third kappa shape index (κ3) is 3.55. The van der Waals surface area contributed by atoms with Gasteiger partial charge in [-0.3, -0.25) is 4.79 Å². The van der Waals surface area contributed by atoms with Gasteiger partial charge < -0.3 is 14.4 Å². The Hall–Kier alpha value is -1.13. The van der Waals surface area contributed by atoms with Gasteiger partial charge in [-0.05, 0) is 38.8 Å². The maximum absolute atomic E-state index is 12.8. The minimum atomic E-state index is -1.13. The Bertz CT molecular complexity index is 555. The maximum Gasteiger partial charge on any atom is 0.256 e. The van der Waals surface area contributed by atoms with E-state index in [-0.39, 0.29) is 17.1 Å². The first-order chi connectivity index (χ1) is 9.60. The topological polar surface area (TPSA) is 51.5 Å². The zero-order valence-corrected chi connectivity index (χ0v) is 13.8. The molecule has 2 heterocycles. The Morgan fingerprint density at radius 3 is 2.43 bits per heavy atom. The summed E-state index contributed by atoms with van der Waals surface area (Å²) in [6, 6.07) is 3.72. The highest BCUT2D eigenvalue weighted by atomic mass is 16.5. The summed E-state index contributed by atoms with van der Waals surface area (Å²) < 4.78 is 7.48. The van der Waals surface area contributed by atoms with Gasteiger partial charge in [0.2, 0.25) is 0 Å². The fraction of sp³-hybridized carbons (Fsp3) is 0.706. The van der Waals surface area contributed by atoms with E-state index in [0.29, 0.717) is 12.1 Å². The van der Waals surface area contributed by atoms with Gasteiger partial charge in [-0.25, -0.2) is 0 Å². The zero-order chi connectivity index (χ0) is 15.8. The van der Waals surface area contributed by atoms with Crippen LogP contribution in [-0.4, -0.2) is 22.4 Å². The van der Waals surface area contributed by atoms with E-state index < -0.39 is 5.60 Å². The fourth-order valence-electron chi connectivity index (χ4n) is 2.87. The molecule has 1 unspecified atom stereocenters. The van der Waals surface area contributed by atoms with Gasteiger partial charge in [-0.15, -0.1) is 0 Å². The molecule has 4 heteroatoms. The minimum absolute atomic E-state index is 0.0980. The van der Waals surface area contributed by atoms with Crippen molar-refractivity contribution in [3.8, 4) is 0 Å². The predicted octanol–water partition coefficient (Wildman–Crippen LogP) is 2.55. The van der Waals surface area contributed by atoms with Crippen LogP contribution in [0, 0.1) is 0 Å². The van der Waals surface area contributed by atoms with Gasteiger partial charge in [0.25, 0.3) is 5.56 Å². The number of rotatable bonds is 3. The van der Waals surface area contributed by atoms with Crippen LogP contribution in [0.15, 0.2) is 16.9 Å². The first kappa shape index (κ1) is 16.2. The first-order valence-corrected chi connectivity index (χ1v) is 7.69. The third-order valence-electron chi connectivity index (χ3n) is 4.01. The summed E-state index contributed by atoms with van der Waals surface area (Å²) in [6.07, 6.45) is 2.14. The molecule has 0 bridgehead atoms. The Morgan fingerprint density at radius 2 is 1.95 bits per heavy atom. The Labute approximate surface area is 126 Å². The molecule has 0 amide bonds. The van der Waals surface area contributed by atoms with Crippen molar-refractivity contribution in [2.45, 2.75) is 71.1 Å². The summed E-state index contributed by atoms with van der Waals surface area (Å²) in [6.45, 7) is 10.9. The van der Waals surface area contributed by atoms with Gasteiger partial charge in [-0.1, -0.05) is 20.8 Å². The van der Waals surface area contributed by atoms with Crippen LogP contribution in [0.5, 0.6) is 0 Å². The quantitative estimate of drug-likeness (QED) is 0.932. The molecule has 1 saturated heterocycles. The SMILES string of the molecule is CC(C)(C)c1ccc(C(C)(C)O)c(=O)n1CC1CCCO1.